The van der Waals surface area contributed by atoms with E-state index >= 15 is 0 Å². The molecule has 1 N–H and O–H groups in total. The van der Waals surface area contributed by atoms with Gasteiger partial charge < -0.3 is 4.90 Å². The van der Waals surface area contributed by atoms with Gasteiger partial charge in [0.15, 0.2) is 0 Å². The first-order valence-corrected chi connectivity index (χ1v) is 9.18. The summed E-state index contributed by atoms with van der Waals surface area (Å²) in [5, 5.41) is 7.58. The van der Waals surface area contributed by atoms with Crippen LogP contribution in [0, 0.1) is 0 Å². The molecule has 8 nitrogen and oxygen atoms in total. The Morgan fingerprint density at radius 1 is 1.29 bits per heavy atom. The smallest absolute Gasteiger partial charge is 0.240 e. The number of nitrogens with one attached hydrogen (secondary N) is 1. The summed E-state index contributed by atoms with van der Waals surface area (Å²) in [6.07, 6.45) is 4.74. The van der Waals surface area contributed by atoms with Gasteiger partial charge in [0.05, 0.1) is 23.0 Å². The van der Waals surface area contributed by atoms with Crippen LogP contribution < -0.4 is 4.72 Å². The van der Waals surface area contributed by atoms with Gasteiger partial charge in [-0.2, -0.15) is 0 Å². The highest BCUT2D eigenvalue weighted by molar-refractivity contribution is 7.89. The van der Waals surface area contributed by atoms with Crippen LogP contribution in [0.3, 0.4) is 0 Å². The lowest BCUT2D eigenvalue weighted by molar-refractivity contribution is -0.130. The average Bonchev–Trinajstić information content (AvgIpc) is 3.09. The van der Waals surface area contributed by atoms with E-state index in [0.29, 0.717) is 13.1 Å². The van der Waals surface area contributed by atoms with Gasteiger partial charge in [-0.3, -0.25) is 4.79 Å². The minimum atomic E-state index is -3.63. The molecule has 3 rings (SSSR count). The molecule has 9 heteroatoms. The molecule has 1 fully saturated rings. The van der Waals surface area contributed by atoms with E-state index in [1.54, 1.807) is 34.1 Å². The normalized spacial score (nSPS) is 18.5. The van der Waals surface area contributed by atoms with Crippen LogP contribution in [0.25, 0.3) is 5.69 Å². The van der Waals surface area contributed by atoms with Crippen LogP contribution in [0.2, 0.25) is 0 Å². The van der Waals surface area contributed by atoms with Crippen molar-refractivity contribution in [3.05, 3.63) is 36.7 Å². The molecular formula is C15H19N5O3S. The fourth-order valence-corrected chi connectivity index (χ4v) is 4.03. The number of carbonyl (C=O) groups is 1. The number of sulfonamides is 1. The SMILES string of the molecule is CC(=O)N1CCC[C@@H](NS(=O)(=O)c2ccc(-n3ccnn3)cc2)C1. The molecule has 1 aromatic carbocycles. The molecule has 1 saturated heterocycles. The number of rotatable bonds is 4. The number of hydrogen-bond donors (Lipinski definition) is 1. The zero-order chi connectivity index (χ0) is 17.2. The van der Waals surface area contributed by atoms with Gasteiger partial charge in [-0.25, -0.2) is 17.8 Å². The number of piperidine rings is 1. The molecule has 0 radical (unpaired) electrons. The standard InChI is InChI=1S/C15H19N5O3S/c1-12(21)19-9-2-3-13(11-19)17-24(22,23)15-6-4-14(5-7-15)20-10-8-16-18-20/h4-8,10,13,17H,2-3,9,11H2,1H3/t13-/m1/s1. The summed E-state index contributed by atoms with van der Waals surface area (Å²) in [6.45, 7) is 2.59. The van der Waals surface area contributed by atoms with E-state index in [1.165, 1.54) is 19.1 Å². The molecule has 0 unspecified atom stereocenters. The zero-order valence-corrected chi connectivity index (χ0v) is 14.1. The third-order valence-corrected chi connectivity index (χ3v) is 5.56. The molecular weight excluding hydrogens is 330 g/mol. The van der Waals surface area contributed by atoms with E-state index in [1.807, 2.05) is 0 Å². The third-order valence-electron chi connectivity index (χ3n) is 4.02. The lowest BCUT2D eigenvalue weighted by Gasteiger charge is -2.32. The van der Waals surface area contributed by atoms with Crippen LogP contribution >= 0.6 is 0 Å². The second-order valence-corrected chi connectivity index (χ2v) is 7.48. The Morgan fingerprint density at radius 2 is 2.04 bits per heavy atom. The van der Waals surface area contributed by atoms with Gasteiger partial charge in [-0.15, -0.1) is 5.10 Å². The van der Waals surface area contributed by atoms with Gasteiger partial charge in [0.2, 0.25) is 15.9 Å². The van der Waals surface area contributed by atoms with Crippen LogP contribution in [-0.2, 0) is 14.8 Å². The maximum Gasteiger partial charge on any atom is 0.240 e. The molecule has 0 bridgehead atoms. The van der Waals surface area contributed by atoms with E-state index < -0.39 is 10.0 Å². The monoisotopic (exact) mass is 349 g/mol. The molecule has 1 atom stereocenters. The maximum atomic E-state index is 12.5. The molecule has 1 aliphatic rings. The highest BCUT2D eigenvalue weighted by Crippen LogP contribution is 2.16. The van der Waals surface area contributed by atoms with E-state index in [9.17, 15) is 13.2 Å². The summed E-state index contributed by atoms with van der Waals surface area (Å²) in [6, 6.07) is 6.15. The Hall–Kier alpha value is -2.26. The number of amides is 1. The zero-order valence-electron chi connectivity index (χ0n) is 13.3. The van der Waals surface area contributed by atoms with Crippen LogP contribution in [0.15, 0.2) is 41.6 Å². The van der Waals surface area contributed by atoms with Crippen molar-refractivity contribution in [3.8, 4) is 5.69 Å². The van der Waals surface area contributed by atoms with E-state index in [4.69, 9.17) is 0 Å². The van der Waals surface area contributed by atoms with E-state index in [0.717, 1.165) is 18.5 Å². The van der Waals surface area contributed by atoms with Crippen LogP contribution in [0.1, 0.15) is 19.8 Å². The first kappa shape index (κ1) is 16.6. The highest BCUT2D eigenvalue weighted by atomic mass is 32.2. The van der Waals surface area contributed by atoms with Gasteiger partial charge in [0.1, 0.15) is 0 Å². The Balaban J connectivity index is 1.72. The Bertz CT molecular complexity index is 802. The third kappa shape index (κ3) is 3.62. The number of hydrogen-bond acceptors (Lipinski definition) is 5. The second kappa shape index (κ2) is 6.70. The quantitative estimate of drug-likeness (QED) is 0.870. The van der Waals surface area contributed by atoms with Crippen molar-refractivity contribution in [3.63, 3.8) is 0 Å². The number of benzene rings is 1. The minimum Gasteiger partial charge on any atom is -0.341 e. The predicted molar refractivity (Wildman–Crippen MR) is 87.0 cm³/mol. The molecule has 2 aromatic rings. The van der Waals surface area contributed by atoms with Crippen molar-refractivity contribution in [1.29, 1.82) is 0 Å². The number of carbonyl (C=O) groups excluding carboxylic acids is 1. The van der Waals surface area contributed by atoms with E-state index in [-0.39, 0.29) is 16.8 Å². The van der Waals surface area contributed by atoms with Crippen molar-refractivity contribution >= 4 is 15.9 Å². The lowest BCUT2D eigenvalue weighted by atomic mass is 10.1. The minimum absolute atomic E-state index is 0.0314. The summed E-state index contributed by atoms with van der Waals surface area (Å²) in [5.74, 6) is -0.0314. The molecule has 2 heterocycles. The molecule has 0 aliphatic carbocycles. The Morgan fingerprint density at radius 3 is 2.67 bits per heavy atom. The molecule has 128 valence electrons. The molecule has 1 amide bonds. The first-order chi connectivity index (χ1) is 11.5. The molecule has 24 heavy (non-hydrogen) atoms. The largest absolute Gasteiger partial charge is 0.341 e. The summed E-state index contributed by atoms with van der Waals surface area (Å²) in [7, 11) is -3.63. The van der Waals surface area contributed by atoms with Crippen LogP contribution in [0.5, 0.6) is 0 Å². The second-order valence-electron chi connectivity index (χ2n) is 5.77. The Labute approximate surface area is 140 Å². The van der Waals surface area contributed by atoms with Gasteiger partial charge in [0.25, 0.3) is 0 Å². The summed E-state index contributed by atoms with van der Waals surface area (Å²) >= 11 is 0. The summed E-state index contributed by atoms with van der Waals surface area (Å²) in [4.78, 5) is 13.3. The highest BCUT2D eigenvalue weighted by Gasteiger charge is 2.26. The average molecular weight is 349 g/mol. The number of likely N-dealkylation sites (tertiary alicyclic amines) is 1. The molecule has 1 aromatic heterocycles. The first-order valence-electron chi connectivity index (χ1n) is 7.70. The lowest BCUT2D eigenvalue weighted by Crippen LogP contribution is -2.48. The van der Waals surface area contributed by atoms with Crippen molar-refractivity contribution in [2.24, 2.45) is 0 Å². The van der Waals surface area contributed by atoms with Gasteiger partial charge in [-0.05, 0) is 37.1 Å². The van der Waals surface area contributed by atoms with Crippen molar-refractivity contribution in [1.82, 2.24) is 24.6 Å². The molecule has 0 saturated carbocycles. The molecule has 1 aliphatic heterocycles. The Kier molecular flexibility index (Phi) is 4.63. The van der Waals surface area contributed by atoms with Gasteiger partial charge in [0, 0.05) is 26.1 Å². The van der Waals surface area contributed by atoms with Gasteiger partial charge in [-0.1, -0.05) is 5.21 Å². The number of nitrogens with zero attached hydrogens (tertiary/aromatic N) is 4. The fraction of sp³-hybridized carbons (Fsp3) is 0.400. The topological polar surface area (TPSA) is 97.2 Å². The fourth-order valence-electron chi connectivity index (χ4n) is 2.77. The van der Waals surface area contributed by atoms with Crippen molar-refractivity contribution in [2.75, 3.05) is 13.1 Å². The predicted octanol–water partition coefficient (Wildman–Crippen LogP) is 0.556. The summed E-state index contributed by atoms with van der Waals surface area (Å²) in [5.41, 5.74) is 0.729. The maximum absolute atomic E-state index is 12.5. The van der Waals surface area contributed by atoms with Crippen molar-refractivity contribution in [2.45, 2.75) is 30.7 Å². The van der Waals surface area contributed by atoms with E-state index in [2.05, 4.69) is 15.0 Å². The summed E-state index contributed by atoms with van der Waals surface area (Å²) < 4.78 is 29.3. The van der Waals surface area contributed by atoms with Crippen LogP contribution in [-0.4, -0.2) is 53.4 Å². The molecule has 0 spiro atoms. The number of aromatic nitrogens is 3. The van der Waals surface area contributed by atoms with Gasteiger partial charge >= 0.3 is 0 Å². The van der Waals surface area contributed by atoms with Crippen LogP contribution in [0.4, 0.5) is 0 Å². The van der Waals surface area contributed by atoms with Crippen molar-refractivity contribution < 1.29 is 13.2 Å².